The molecule has 1 heterocycles. The molecule has 3 nitrogen and oxygen atoms in total. The van der Waals surface area contributed by atoms with Crippen molar-refractivity contribution >= 4 is 32.5 Å². The fraction of sp³-hybridized carbons (Fsp3) is 0. The van der Waals surface area contributed by atoms with Gasteiger partial charge in [-0.3, -0.25) is 4.79 Å². The Hall–Kier alpha value is -2.07. The lowest BCUT2D eigenvalue weighted by molar-refractivity contribution is 0.103. The number of carbonyl (C=O) groups is 1. The van der Waals surface area contributed by atoms with Crippen LogP contribution >= 0.6 is 15.9 Å². The Morgan fingerprint density at radius 3 is 2.37 bits per heavy atom. The van der Waals surface area contributed by atoms with Crippen LogP contribution in [0.1, 0.15) is 15.9 Å². The van der Waals surface area contributed by atoms with Crippen molar-refractivity contribution < 1.29 is 4.79 Å². The normalized spacial score (nSPS) is 10.6. The number of hydrogen-bond acceptors (Lipinski definition) is 3. The molecule has 0 saturated carbocycles. The van der Waals surface area contributed by atoms with Gasteiger partial charge in [-0.1, -0.05) is 34.1 Å². The minimum absolute atomic E-state index is 0.0644. The Labute approximate surface area is 118 Å². The Kier molecular flexibility index (Phi) is 3.09. The topological polar surface area (TPSA) is 42.9 Å². The van der Waals surface area contributed by atoms with Crippen LogP contribution in [0.15, 0.2) is 59.6 Å². The van der Waals surface area contributed by atoms with Crippen molar-refractivity contribution in [2.45, 2.75) is 0 Å². The van der Waals surface area contributed by atoms with E-state index in [4.69, 9.17) is 0 Å². The average molecular weight is 313 g/mol. The van der Waals surface area contributed by atoms with E-state index < -0.39 is 0 Å². The average Bonchev–Trinajstić information content (AvgIpc) is 2.47. The third-order valence-corrected chi connectivity index (χ3v) is 3.38. The third kappa shape index (κ3) is 2.39. The maximum Gasteiger partial charge on any atom is 0.196 e. The van der Waals surface area contributed by atoms with Crippen molar-refractivity contribution in [3.63, 3.8) is 0 Å². The van der Waals surface area contributed by atoms with Crippen LogP contribution in [-0.2, 0) is 0 Å². The van der Waals surface area contributed by atoms with Gasteiger partial charge in [0, 0.05) is 22.4 Å². The monoisotopic (exact) mass is 312 g/mol. The van der Waals surface area contributed by atoms with Gasteiger partial charge in [0.15, 0.2) is 5.78 Å². The smallest absolute Gasteiger partial charge is 0.196 e. The number of fused-ring (bicyclic) bond motifs is 1. The van der Waals surface area contributed by atoms with E-state index in [1.54, 1.807) is 0 Å². The van der Waals surface area contributed by atoms with Crippen molar-refractivity contribution in [3.8, 4) is 0 Å². The minimum Gasteiger partial charge on any atom is -0.288 e. The first kappa shape index (κ1) is 12.0. The molecule has 92 valence electrons. The molecule has 0 spiro atoms. The van der Waals surface area contributed by atoms with E-state index in [0.29, 0.717) is 11.1 Å². The Morgan fingerprint density at radius 2 is 1.58 bits per heavy atom. The van der Waals surface area contributed by atoms with Crippen LogP contribution in [0.5, 0.6) is 0 Å². The second-order valence-electron chi connectivity index (χ2n) is 4.16. The zero-order valence-corrected chi connectivity index (χ0v) is 11.5. The summed E-state index contributed by atoms with van der Waals surface area (Å²) >= 11 is 3.43. The van der Waals surface area contributed by atoms with Crippen LogP contribution in [0.3, 0.4) is 0 Å². The van der Waals surface area contributed by atoms with Gasteiger partial charge in [0.1, 0.15) is 6.33 Å². The zero-order valence-electron chi connectivity index (χ0n) is 9.88. The predicted octanol–water partition coefficient (Wildman–Crippen LogP) is 3.62. The number of ketones is 1. The molecule has 2 aromatic carbocycles. The minimum atomic E-state index is -0.0644. The second kappa shape index (κ2) is 4.90. The molecule has 0 amide bonds. The number of hydrogen-bond donors (Lipinski definition) is 0. The summed E-state index contributed by atoms with van der Waals surface area (Å²) in [6, 6.07) is 11.6. The number of carbonyl (C=O) groups excluding carboxylic acids is 1. The van der Waals surface area contributed by atoms with Gasteiger partial charge in [-0.25, -0.2) is 9.97 Å². The molecular formula is C15H9BrN2O. The standard InChI is InChI=1S/C15H9BrN2O/c16-14-4-3-10-5-12(2-1-11(10)6-14)15(19)13-7-17-9-18-8-13/h1-9H. The lowest BCUT2D eigenvalue weighted by Gasteiger charge is -2.03. The number of halogens is 1. The molecule has 0 radical (unpaired) electrons. The zero-order chi connectivity index (χ0) is 13.2. The van der Waals surface area contributed by atoms with E-state index in [0.717, 1.165) is 15.2 Å². The van der Waals surface area contributed by atoms with Crippen molar-refractivity contribution in [2.24, 2.45) is 0 Å². The van der Waals surface area contributed by atoms with E-state index in [9.17, 15) is 4.79 Å². The van der Waals surface area contributed by atoms with Crippen LogP contribution in [0.4, 0.5) is 0 Å². The van der Waals surface area contributed by atoms with E-state index in [1.807, 2.05) is 36.4 Å². The fourth-order valence-electron chi connectivity index (χ4n) is 1.94. The lowest BCUT2D eigenvalue weighted by atomic mass is 10.0. The molecule has 0 aliphatic rings. The van der Waals surface area contributed by atoms with Crippen molar-refractivity contribution in [1.82, 2.24) is 9.97 Å². The van der Waals surface area contributed by atoms with Gasteiger partial charge in [0.2, 0.25) is 0 Å². The van der Waals surface area contributed by atoms with Gasteiger partial charge in [0.25, 0.3) is 0 Å². The fourth-order valence-corrected chi connectivity index (χ4v) is 2.32. The third-order valence-electron chi connectivity index (χ3n) is 2.89. The van der Waals surface area contributed by atoms with E-state index in [2.05, 4.69) is 25.9 Å². The predicted molar refractivity (Wildman–Crippen MR) is 77.1 cm³/mol. The summed E-state index contributed by atoms with van der Waals surface area (Å²) in [5.41, 5.74) is 1.14. The Bertz CT molecular complexity index is 756. The molecule has 0 aliphatic carbocycles. The Balaban J connectivity index is 2.07. The molecule has 0 N–H and O–H groups in total. The number of aromatic nitrogens is 2. The van der Waals surface area contributed by atoms with Crippen molar-refractivity contribution in [1.29, 1.82) is 0 Å². The van der Waals surface area contributed by atoms with Gasteiger partial charge in [-0.15, -0.1) is 0 Å². The maximum atomic E-state index is 12.3. The number of benzene rings is 2. The number of nitrogens with zero attached hydrogens (tertiary/aromatic N) is 2. The van der Waals surface area contributed by atoms with Crippen LogP contribution in [0, 0.1) is 0 Å². The van der Waals surface area contributed by atoms with Gasteiger partial charge in [-0.2, -0.15) is 0 Å². The number of rotatable bonds is 2. The van der Waals surface area contributed by atoms with Crippen molar-refractivity contribution in [2.75, 3.05) is 0 Å². The SMILES string of the molecule is O=C(c1cncnc1)c1ccc2cc(Br)ccc2c1. The van der Waals surface area contributed by atoms with E-state index in [-0.39, 0.29) is 5.78 Å². The summed E-state index contributed by atoms with van der Waals surface area (Å²) in [6.07, 6.45) is 4.47. The van der Waals surface area contributed by atoms with Gasteiger partial charge < -0.3 is 0 Å². The molecule has 0 fully saturated rings. The van der Waals surface area contributed by atoms with Gasteiger partial charge in [-0.05, 0) is 29.0 Å². The summed E-state index contributed by atoms with van der Waals surface area (Å²) in [7, 11) is 0. The second-order valence-corrected chi connectivity index (χ2v) is 5.08. The molecule has 0 unspecified atom stereocenters. The van der Waals surface area contributed by atoms with Crippen LogP contribution < -0.4 is 0 Å². The highest BCUT2D eigenvalue weighted by Crippen LogP contribution is 2.22. The molecule has 0 saturated heterocycles. The van der Waals surface area contributed by atoms with E-state index >= 15 is 0 Å². The highest BCUT2D eigenvalue weighted by Gasteiger charge is 2.09. The van der Waals surface area contributed by atoms with E-state index in [1.165, 1.54) is 18.7 Å². The summed E-state index contributed by atoms with van der Waals surface area (Å²) in [4.78, 5) is 20.0. The highest BCUT2D eigenvalue weighted by molar-refractivity contribution is 9.10. The van der Waals surface area contributed by atoms with Crippen molar-refractivity contribution in [3.05, 3.63) is 70.7 Å². The first-order valence-electron chi connectivity index (χ1n) is 5.73. The summed E-state index contributed by atoms with van der Waals surface area (Å²) < 4.78 is 1.02. The largest absolute Gasteiger partial charge is 0.288 e. The summed E-state index contributed by atoms with van der Waals surface area (Å²) in [5, 5.41) is 2.13. The first-order valence-corrected chi connectivity index (χ1v) is 6.52. The molecule has 19 heavy (non-hydrogen) atoms. The first-order chi connectivity index (χ1) is 9.24. The molecular weight excluding hydrogens is 304 g/mol. The molecule has 0 atom stereocenters. The molecule has 0 bridgehead atoms. The lowest BCUT2D eigenvalue weighted by Crippen LogP contribution is -2.02. The van der Waals surface area contributed by atoms with Gasteiger partial charge in [0.05, 0.1) is 5.56 Å². The highest BCUT2D eigenvalue weighted by atomic mass is 79.9. The van der Waals surface area contributed by atoms with Crippen LogP contribution in [0.25, 0.3) is 10.8 Å². The molecule has 1 aromatic heterocycles. The molecule has 3 aromatic rings. The Morgan fingerprint density at radius 1 is 0.895 bits per heavy atom. The van der Waals surface area contributed by atoms with Crippen LogP contribution in [0.2, 0.25) is 0 Å². The summed E-state index contributed by atoms with van der Waals surface area (Å²) in [5.74, 6) is -0.0644. The molecule has 0 aliphatic heterocycles. The van der Waals surface area contributed by atoms with Crippen LogP contribution in [-0.4, -0.2) is 15.8 Å². The maximum absolute atomic E-state index is 12.3. The van der Waals surface area contributed by atoms with Gasteiger partial charge >= 0.3 is 0 Å². The molecule has 4 heteroatoms. The summed E-state index contributed by atoms with van der Waals surface area (Å²) in [6.45, 7) is 0. The quantitative estimate of drug-likeness (QED) is 0.679. The molecule has 3 rings (SSSR count).